The first kappa shape index (κ1) is 25.2. The minimum absolute atomic E-state index is 0.0239. The van der Waals surface area contributed by atoms with E-state index < -0.39 is 11.1 Å². The van der Waals surface area contributed by atoms with Crippen molar-refractivity contribution in [2.75, 3.05) is 26.0 Å². The minimum Gasteiger partial charge on any atom is -0.772 e. The Morgan fingerprint density at radius 1 is 1.03 bits per heavy atom. The van der Waals surface area contributed by atoms with Crippen molar-refractivity contribution in [3.63, 3.8) is 0 Å². The van der Waals surface area contributed by atoms with Gasteiger partial charge in [-0.2, -0.15) is 5.26 Å². The van der Waals surface area contributed by atoms with Crippen LogP contribution < -0.4 is 5.32 Å². The molecule has 0 heterocycles. The first-order valence-electron chi connectivity index (χ1n) is 10.3. The molecule has 1 atom stereocenters. The van der Waals surface area contributed by atoms with Gasteiger partial charge in [0.05, 0.1) is 21.7 Å². The Bertz CT molecular complexity index is 1170. The second-order valence-electron chi connectivity index (χ2n) is 7.98. The molecule has 3 rings (SSSR count). The van der Waals surface area contributed by atoms with Crippen LogP contribution in [0.2, 0.25) is 10.0 Å². The zero-order chi connectivity index (χ0) is 24.0. The third-order valence-electron chi connectivity index (χ3n) is 5.10. The van der Waals surface area contributed by atoms with Crippen molar-refractivity contribution in [3.05, 3.63) is 86.9 Å². The van der Waals surface area contributed by atoms with Crippen LogP contribution in [0.5, 0.6) is 0 Å². The van der Waals surface area contributed by atoms with E-state index in [1.54, 1.807) is 0 Å². The number of hydrogen-bond acceptors (Lipinski definition) is 5. The second kappa shape index (κ2) is 11.6. The quantitative estimate of drug-likeness (QED) is 0.385. The van der Waals surface area contributed by atoms with Gasteiger partial charge in [0.1, 0.15) is 0 Å². The van der Waals surface area contributed by atoms with Crippen LogP contribution >= 0.6 is 23.2 Å². The normalized spacial score (nSPS) is 11.9. The Morgan fingerprint density at radius 2 is 1.67 bits per heavy atom. The Labute approximate surface area is 207 Å². The number of rotatable bonds is 9. The highest BCUT2D eigenvalue weighted by molar-refractivity contribution is 7.78. The van der Waals surface area contributed by atoms with Gasteiger partial charge in [-0.05, 0) is 61.0 Å². The molecule has 0 aromatic heterocycles. The summed E-state index contributed by atoms with van der Waals surface area (Å²) in [5, 5.41) is 13.9. The van der Waals surface area contributed by atoms with Gasteiger partial charge >= 0.3 is 0 Å². The average Bonchev–Trinajstić information content (AvgIpc) is 2.74. The van der Waals surface area contributed by atoms with E-state index in [-0.39, 0.29) is 5.75 Å². The highest BCUT2D eigenvalue weighted by atomic mass is 35.5. The second-order valence-corrected chi connectivity index (χ2v) is 9.69. The number of nitriles is 1. The van der Waals surface area contributed by atoms with Gasteiger partial charge in [0, 0.05) is 30.1 Å². The number of hydrogen-bond donors (Lipinski definition) is 1. The fourth-order valence-electron chi connectivity index (χ4n) is 3.55. The molecule has 0 radical (unpaired) electrons. The van der Waals surface area contributed by atoms with E-state index in [2.05, 4.69) is 11.4 Å². The molecule has 33 heavy (non-hydrogen) atoms. The van der Waals surface area contributed by atoms with Crippen LogP contribution in [0.3, 0.4) is 0 Å². The monoisotopic (exact) mass is 500 g/mol. The molecule has 5 nitrogen and oxygen atoms in total. The van der Waals surface area contributed by atoms with Crippen LogP contribution in [-0.2, 0) is 29.8 Å². The number of benzene rings is 3. The van der Waals surface area contributed by atoms with Gasteiger partial charge in [-0.1, -0.05) is 70.7 Å². The molecule has 0 bridgehead atoms. The van der Waals surface area contributed by atoms with Crippen molar-refractivity contribution in [2.24, 2.45) is 0 Å². The molecule has 1 unspecified atom stereocenters. The Balaban J connectivity index is 1.70. The summed E-state index contributed by atoms with van der Waals surface area (Å²) in [6.07, 6.45) is 0.761. The summed E-state index contributed by atoms with van der Waals surface area (Å²) in [7, 11) is 3.92. The summed E-state index contributed by atoms with van der Waals surface area (Å²) < 4.78 is 21.6. The molecule has 172 valence electrons. The van der Waals surface area contributed by atoms with Crippen molar-refractivity contribution >= 4 is 40.0 Å². The van der Waals surface area contributed by atoms with Crippen molar-refractivity contribution in [1.29, 1.82) is 5.26 Å². The Hall–Kier alpha value is -2.40. The molecular formula is C25H24Cl2N3O2S-. The lowest BCUT2D eigenvalue weighted by molar-refractivity contribution is 0.402. The van der Waals surface area contributed by atoms with E-state index in [4.69, 9.17) is 23.2 Å². The van der Waals surface area contributed by atoms with Crippen LogP contribution in [0.25, 0.3) is 11.1 Å². The van der Waals surface area contributed by atoms with Crippen molar-refractivity contribution in [3.8, 4) is 17.2 Å². The maximum absolute atomic E-state index is 10.8. The lowest BCUT2D eigenvalue weighted by Crippen LogP contribution is -2.11. The van der Waals surface area contributed by atoms with Crippen molar-refractivity contribution in [1.82, 2.24) is 4.90 Å². The molecule has 8 heteroatoms. The molecule has 1 N–H and O–H groups in total. The first-order chi connectivity index (χ1) is 15.8. The number of nitrogens with one attached hydrogen (secondary N) is 1. The molecule has 0 amide bonds. The third kappa shape index (κ3) is 7.04. The highest BCUT2D eigenvalue weighted by Crippen LogP contribution is 2.38. The SMILES string of the molecule is CN(C)Cc1ccc(-c2c(Cl)cc(NCCc3ccc(CS(=O)[O-])cc3)cc2Cl)cc1C#N. The zero-order valence-electron chi connectivity index (χ0n) is 18.4. The van der Waals surface area contributed by atoms with E-state index in [0.29, 0.717) is 34.3 Å². The van der Waals surface area contributed by atoms with Crippen molar-refractivity contribution in [2.45, 2.75) is 18.7 Å². The van der Waals surface area contributed by atoms with E-state index in [0.717, 1.165) is 34.4 Å². The summed E-state index contributed by atoms with van der Waals surface area (Å²) in [4.78, 5) is 2.01. The molecular weight excluding hydrogens is 477 g/mol. The topological polar surface area (TPSA) is 79.2 Å². The van der Waals surface area contributed by atoms with Crippen LogP contribution in [0.15, 0.2) is 54.6 Å². The van der Waals surface area contributed by atoms with E-state index in [1.165, 1.54) is 0 Å². The molecule has 0 saturated carbocycles. The summed E-state index contributed by atoms with van der Waals surface area (Å²) in [6.45, 7) is 1.34. The summed E-state index contributed by atoms with van der Waals surface area (Å²) in [5.74, 6) is 0.0239. The summed E-state index contributed by atoms with van der Waals surface area (Å²) in [5.41, 5.74) is 5.71. The summed E-state index contributed by atoms with van der Waals surface area (Å²) in [6, 6.07) is 19.1. The predicted octanol–water partition coefficient (Wildman–Crippen LogP) is 5.63. The van der Waals surface area contributed by atoms with Crippen LogP contribution in [-0.4, -0.2) is 34.3 Å². The van der Waals surface area contributed by atoms with Gasteiger partial charge in [0.15, 0.2) is 0 Å². The molecule has 0 aliphatic carbocycles. The highest BCUT2D eigenvalue weighted by Gasteiger charge is 2.13. The van der Waals surface area contributed by atoms with Gasteiger partial charge in [0.25, 0.3) is 0 Å². The molecule has 0 aliphatic heterocycles. The molecule has 0 spiro atoms. The van der Waals surface area contributed by atoms with Crippen molar-refractivity contribution < 1.29 is 8.76 Å². The van der Waals surface area contributed by atoms with Gasteiger partial charge in [-0.15, -0.1) is 0 Å². The van der Waals surface area contributed by atoms with Crippen LogP contribution in [0, 0.1) is 11.3 Å². The largest absolute Gasteiger partial charge is 0.772 e. The minimum atomic E-state index is -2.08. The number of anilines is 1. The van der Waals surface area contributed by atoms with Crippen LogP contribution in [0.1, 0.15) is 22.3 Å². The molecule has 0 aliphatic rings. The first-order valence-corrected chi connectivity index (χ1v) is 12.3. The summed E-state index contributed by atoms with van der Waals surface area (Å²) >= 11 is 11.1. The fraction of sp³-hybridized carbons (Fsp3) is 0.240. The Morgan fingerprint density at radius 3 is 2.24 bits per heavy atom. The average molecular weight is 501 g/mol. The standard InChI is InChI=1S/C25H25Cl2N3O2S/c1-30(2)15-20-8-7-19(11-21(20)14-28)25-23(26)12-22(13-24(25)27)29-10-9-17-3-5-18(6-4-17)16-33(31)32/h3-8,11-13,29H,9-10,15-16H2,1-2H3,(H,31,32)/p-1. The van der Waals surface area contributed by atoms with Crippen LogP contribution in [0.4, 0.5) is 5.69 Å². The third-order valence-corrected chi connectivity index (χ3v) is 6.26. The van der Waals surface area contributed by atoms with Gasteiger partial charge in [-0.3, -0.25) is 4.21 Å². The predicted molar refractivity (Wildman–Crippen MR) is 135 cm³/mol. The molecule has 3 aromatic carbocycles. The lowest BCUT2D eigenvalue weighted by atomic mass is 9.99. The maximum Gasteiger partial charge on any atom is 0.0995 e. The van der Waals surface area contributed by atoms with Gasteiger partial charge < -0.3 is 14.8 Å². The lowest BCUT2D eigenvalue weighted by Gasteiger charge is -2.15. The van der Waals surface area contributed by atoms with Gasteiger partial charge in [-0.25, -0.2) is 0 Å². The smallest absolute Gasteiger partial charge is 0.0995 e. The number of halogens is 2. The van der Waals surface area contributed by atoms with E-state index in [9.17, 15) is 14.0 Å². The van der Waals surface area contributed by atoms with E-state index >= 15 is 0 Å². The maximum atomic E-state index is 10.8. The fourth-order valence-corrected chi connectivity index (χ4v) is 4.72. The molecule has 3 aromatic rings. The number of nitrogens with zero attached hydrogens (tertiary/aromatic N) is 2. The zero-order valence-corrected chi connectivity index (χ0v) is 20.7. The Kier molecular flexibility index (Phi) is 8.90. The van der Waals surface area contributed by atoms with E-state index in [1.807, 2.05) is 73.6 Å². The van der Waals surface area contributed by atoms with Gasteiger partial charge in [0.2, 0.25) is 0 Å². The molecule has 0 saturated heterocycles. The molecule has 0 fully saturated rings.